The molecule has 1 heterocycles. The minimum absolute atomic E-state index is 0.725. The van der Waals surface area contributed by atoms with Crippen LogP contribution in [0.5, 0.6) is 5.75 Å². The minimum Gasteiger partial charge on any atom is -0.494 e. The molecule has 0 amide bonds. The Morgan fingerprint density at radius 3 is 2.85 bits per heavy atom. The Morgan fingerprint density at radius 1 is 1.19 bits per heavy atom. The standard InChI is InChI=1S/C21H24BrClN2O/c22-21-12-19(23)8-7-18(21)6-5-16-3-1-4-20(11-16)26-10-2-9-24-13-17-14-25-15-17/h1,3-8,11-12,17,24-25H,2,9-10,13-15H2. The lowest BCUT2D eigenvalue weighted by Gasteiger charge is -2.27. The van der Waals surface area contributed by atoms with Gasteiger partial charge in [0, 0.05) is 29.1 Å². The van der Waals surface area contributed by atoms with E-state index in [9.17, 15) is 0 Å². The number of nitrogens with one attached hydrogen (secondary N) is 2. The van der Waals surface area contributed by atoms with E-state index >= 15 is 0 Å². The summed E-state index contributed by atoms with van der Waals surface area (Å²) >= 11 is 9.52. The van der Waals surface area contributed by atoms with Gasteiger partial charge in [0.1, 0.15) is 5.75 Å². The molecule has 1 saturated heterocycles. The summed E-state index contributed by atoms with van der Waals surface area (Å²) in [5.74, 6) is 1.71. The largest absolute Gasteiger partial charge is 0.494 e. The molecule has 1 fully saturated rings. The molecular weight excluding hydrogens is 412 g/mol. The lowest BCUT2D eigenvalue weighted by Crippen LogP contribution is -2.47. The highest BCUT2D eigenvalue weighted by atomic mass is 79.9. The van der Waals surface area contributed by atoms with Crippen LogP contribution in [0.4, 0.5) is 0 Å². The van der Waals surface area contributed by atoms with Crippen molar-refractivity contribution in [1.82, 2.24) is 10.6 Å². The first-order valence-electron chi connectivity index (χ1n) is 8.98. The third-order valence-corrected chi connectivity index (χ3v) is 5.26. The molecule has 2 N–H and O–H groups in total. The van der Waals surface area contributed by atoms with Crippen LogP contribution in [0, 0.1) is 5.92 Å². The molecule has 0 radical (unpaired) electrons. The van der Waals surface area contributed by atoms with Crippen LogP contribution in [0.3, 0.4) is 0 Å². The summed E-state index contributed by atoms with van der Waals surface area (Å²) in [4.78, 5) is 0. The smallest absolute Gasteiger partial charge is 0.119 e. The normalized spacial score (nSPS) is 14.5. The van der Waals surface area contributed by atoms with Crippen molar-refractivity contribution in [2.45, 2.75) is 6.42 Å². The average molecular weight is 436 g/mol. The fourth-order valence-corrected chi connectivity index (χ4v) is 3.53. The molecule has 1 aliphatic rings. The van der Waals surface area contributed by atoms with Gasteiger partial charge in [-0.1, -0.05) is 57.9 Å². The highest BCUT2D eigenvalue weighted by Crippen LogP contribution is 2.24. The lowest BCUT2D eigenvalue weighted by molar-refractivity contribution is 0.296. The van der Waals surface area contributed by atoms with Gasteiger partial charge in [-0.25, -0.2) is 0 Å². The second-order valence-corrected chi connectivity index (χ2v) is 7.79. The van der Waals surface area contributed by atoms with Crippen molar-refractivity contribution in [3.8, 4) is 5.75 Å². The van der Waals surface area contributed by atoms with Crippen LogP contribution >= 0.6 is 27.5 Å². The monoisotopic (exact) mass is 434 g/mol. The predicted molar refractivity (Wildman–Crippen MR) is 114 cm³/mol. The van der Waals surface area contributed by atoms with Crippen molar-refractivity contribution < 1.29 is 4.74 Å². The van der Waals surface area contributed by atoms with Gasteiger partial charge >= 0.3 is 0 Å². The molecule has 2 aromatic rings. The summed E-state index contributed by atoms with van der Waals surface area (Å²) in [6, 6.07) is 13.9. The number of benzene rings is 2. The number of ether oxygens (including phenoxy) is 1. The van der Waals surface area contributed by atoms with Crippen molar-refractivity contribution in [2.75, 3.05) is 32.8 Å². The van der Waals surface area contributed by atoms with Crippen molar-refractivity contribution in [2.24, 2.45) is 5.92 Å². The summed E-state index contributed by atoms with van der Waals surface area (Å²) in [5, 5.41) is 7.50. The molecule has 2 aromatic carbocycles. The molecular formula is C21H24BrClN2O. The maximum Gasteiger partial charge on any atom is 0.119 e. The van der Waals surface area contributed by atoms with Crippen molar-refractivity contribution >= 4 is 39.7 Å². The van der Waals surface area contributed by atoms with E-state index in [0.717, 1.165) is 71.5 Å². The Kier molecular flexibility index (Phi) is 7.56. The van der Waals surface area contributed by atoms with Crippen LogP contribution < -0.4 is 15.4 Å². The summed E-state index contributed by atoms with van der Waals surface area (Å²) in [6.07, 6.45) is 5.16. The van der Waals surface area contributed by atoms with E-state index < -0.39 is 0 Å². The molecule has 3 rings (SSSR count). The molecule has 0 spiro atoms. The zero-order chi connectivity index (χ0) is 18.2. The van der Waals surface area contributed by atoms with Gasteiger partial charge in [-0.15, -0.1) is 0 Å². The van der Waals surface area contributed by atoms with Gasteiger partial charge in [-0.2, -0.15) is 0 Å². The van der Waals surface area contributed by atoms with Gasteiger partial charge in [0.25, 0.3) is 0 Å². The first-order chi connectivity index (χ1) is 12.7. The van der Waals surface area contributed by atoms with Crippen molar-refractivity contribution in [3.05, 3.63) is 63.1 Å². The van der Waals surface area contributed by atoms with Crippen LogP contribution in [0.1, 0.15) is 17.5 Å². The first-order valence-corrected chi connectivity index (χ1v) is 10.2. The van der Waals surface area contributed by atoms with E-state index in [0.29, 0.717) is 0 Å². The van der Waals surface area contributed by atoms with E-state index in [4.69, 9.17) is 16.3 Å². The molecule has 0 aliphatic carbocycles. The predicted octanol–water partition coefficient (Wildman–Crippen LogP) is 4.85. The van der Waals surface area contributed by atoms with E-state index in [2.05, 4.69) is 50.8 Å². The number of hydrogen-bond donors (Lipinski definition) is 2. The molecule has 0 bridgehead atoms. The highest BCUT2D eigenvalue weighted by molar-refractivity contribution is 9.10. The molecule has 0 saturated carbocycles. The summed E-state index contributed by atoms with van der Waals surface area (Å²) < 4.78 is 6.86. The van der Waals surface area contributed by atoms with E-state index in [1.54, 1.807) is 0 Å². The average Bonchev–Trinajstić information content (AvgIpc) is 2.59. The van der Waals surface area contributed by atoms with Crippen LogP contribution in [0.2, 0.25) is 5.02 Å². The second kappa shape index (κ2) is 10.1. The quantitative estimate of drug-likeness (QED) is 0.436. The minimum atomic E-state index is 0.725. The fourth-order valence-electron chi connectivity index (χ4n) is 2.72. The molecule has 138 valence electrons. The third-order valence-electron chi connectivity index (χ3n) is 4.34. The summed E-state index contributed by atoms with van der Waals surface area (Å²) in [5.41, 5.74) is 2.20. The molecule has 0 unspecified atom stereocenters. The fraction of sp³-hybridized carbons (Fsp3) is 0.333. The number of hydrogen-bond acceptors (Lipinski definition) is 3. The molecule has 3 nitrogen and oxygen atoms in total. The van der Waals surface area contributed by atoms with Crippen LogP contribution in [0.25, 0.3) is 12.2 Å². The van der Waals surface area contributed by atoms with Crippen molar-refractivity contribution in [3.63, 3.8) is 0 Å². The molecule has 26 heavy (non-hydrogen) atoms. The summed E-state index contributed by atoms with van der Waals surface area (Å²) in [7, 11) is 0. The van der Waals surface area contributed by atoms with Crippen LogP contribution in [0.15, 0.2) is 46.9 Å². The number of halogens is 2. The van der Waals surface area contributed by atoms with E-state index in [-0.39, 0.29) is 0 Å². The Labute approximate surface area is 168 Å². The Hall–Kier alpha value is -1.33. The van der Waals surface area contributed by atoms with Gasteiger partial charge in [-0.05, 0) is 54.3 Å². The Bertz CT molecular complexity index is 747. The van der Waals surface area contributed by atoms with E-state index in [1.165, 1.54) is 0 Å². The van der Waals surface area contributed by atoms with Gasteiger partial charge < -0.3 is 15.4 Å². The lowest BCUT2D eigenvalue weighted by atomic mass is 10.0. The van der Waals surface area contributed by atoms with Crippen LogP contribution in [-0.2, 0) is 0 Å². The van der Waals surface area contributed by atoms with Gasteiger partial charge in [-0.3, -0.25) is 0 Å². The van der Waals surface area contributed by atoms with Gasteiger partial charge in [0.2, 0.25) is 0 Å². The number of rotatable bonds is 9. The third kappa shape index (κ3) is 6.13. The zero-order valence-electron chi connectivity index (χ0n) is 14.7. The van der Waals surface area contributed by atoms with Crippen molar-refractivity contribution in [1.29, 1.82) is 0 Å². The second-order valence-electron chi connectivity index (χ2n) is 6.50. The highest BCUT2D eigenvalue weighted by Gasteiger charge is 2.15. The first kappa shape index (κ1) is 19.4. The van der Waals surface area contributed by atoms with Gasteiger partial charge in [0.15, 0.2) is 0 Å². The molecule has 5 heteroatoms. The Balaban J connectivity index is 1.44. The van der Waals surface area contributed by atoms with Crippen LogP contribution in [-0.4, -0.2) is 32.8 Å². The Morgan fingerprint density at radius 2 is 2.08 bits per heavy atom. The SMILES string of the molecule is Clc1ccc(C=Cc2cccc(OCCCNCC3CNC3)c2)c(Br)c1. The molecule has 0 atom stereocenters. The topological polar surface area (TPSA) is 33.3 Å². The zero-order valence-corrected chi connectivity index (χ0v) is 17.0. The maximum absolute atomic E-state index is 5.98. The van der Waals surface area contributed by atoms with E-state index in [1.807, 2.05) is 30.3 Å². The molecule has 1 aliphatic heterocycles. The summed E-state index contributed by atoms with van der Waals surface area (Å²) in [6.45, 7) is 5.13. The van der Waals surface area contributed by atoms with Gasteiger partial charge in [0.05, 0.1) is 6.61 Å². The maximum atomic E-state index is 5.98. The molecule has 0 aromatic heterocycles.